The lowest BCUT2D eigenvalue weighted by Crippen LogP contribution is -2.48. The predicted octanol–water partition coefficient (Wildman–Crippen LogP) is 3.26. The van der Waals surface area contributed by atoms with Gasteiger partial charge in [-0.25, -0.2) is 0 Å². The summed E-state index contributed by atoms with van der Waals surface area (Å²) in [6.45, 7) is 6.05. The third-order valence-corrected chi connectivity index (χ3v) is 5.79. The summed E-state index contributed by atoms with van der Waals surface area (Å²) in [5.74, 6) is 3.80. The van der Waals surface area contributed by atoms with Gasteiger partial charge in [-0.3, -0.25) is 4.90 Å². The SMILES string of the molecule is CCC1CCC(CN)C(N(CC2CC2)CC2CC2)C1. The highest BCUT2D eigenvalue weighted by atomic mass is 15.2. The molecule has 0 aliphatic heterocycles. The molecule has 3 aliphatic carbocycles. The molecule has 0 amide bonds. The quantitative estimate of drug-likeness (QED) is 0.765. The van der Waals surface area contributed by atoms with E-state index in [0.29, 0.717) is 0 Å². The molecule has 2 heteroatoms. The van der Waals surface area contributed by atoms with Gasteiger partial charge in [0.2, 0.25) is 0 Å². The second-order valence-electron chi connectivity index (χ2n) is 7.49. The van der Waals surface area contributed by atoms with E-state index < -0.39 is 0 Å². The zero-order valence-corrected chi connectivity index (χ0v) is 12.7. The average Bonchev–Trinajstić information content (AvgIpc) is 3.32. The van der Waals surface area contributed by atoms with Crippen LogP contribution in [0.1, 0.15) is 58.3 Å². The van der Waals surface area contributed by atoms with E-state index in [2.05, 4.69) is 11.8 Å². The molecular formula is C17H32N2. The lowest BCUT2D eigenvalue weighted by atomic mass is 9.76. The number of rotatable bonds is 7. The Morgan fingerprint density at radius 2 is 1.47 bits per heavy atom. The topological polar surface area (TPSA) is 29.3 Å². The van der Waals surface area contributed by atoms with Gasteiger partial charge in [0.15, 0.2) is 0 Å². The molecule has 3 aliphatic rings. The Balaban J connectivity index is 1.64. The standard InChI is InChI=1S/C17H32N2/c1-2-13-7-8-16(10-18)17(9-13)19(11-14-3-4-14)12-15-5-6-15/h13-17H,2-12,18H2,1H3. The molecular weight excluding hydrogens is 232 g/mol. The van der Waals surface area contributed by atoms with Gasteiger partial charge in [0.1, 0.15) is 0 Å². The molecule has 3 saturated carbocycles. The van der Waals surface area contributed by atoms with Crippen LogP contribution in [0, 0.1) is 23.7 Å². The van der Waals surface area contributed by atoms with Crippen molar-refractivity contribution in [3.05, 3.63) is 0 Å². The first-order chi connectivity index (χ1) is 9.30. The second kappa shape index (κ2) is 6.13. The molecule has 2 N–H and O–H groups in total. The van der Waals surface area contributed by atoms with Crippen molar-refractivity contribution in [3.63, 3.8) is 0 Å². The predicted molar refractivity (Wildman–Crippen MR) is 81.0 cm³/mol. The fourth-order valence-electron chi connectivity index (χ4n) is 4.00. The van der Waals surface area contributed by atoms with Crippen LogP contribution in [0.5, 0.6) is 0 Å². The molecule has 2 nitrogen and oxygen atoms in total. The van der Waals surface area contributed by atoms with Crippen molar-refractivity contribution in [3.8, 4) is 0 Å². The highest BCUT2D eigenvalue weighted by Gasteiger charge is 2.37. The van der Waals surface area contributed by atoms with Crippen molar-refractivity contribution in [2.45, 2.75) is 64.3 Å². The zero-order valence-electron chi connectivity index (χ0n) is 12.7. The molecule has 0 bridgehead atoms. The molecule has 3 atom stereocenters. The number of nitrogens with two attached hydrogens (primary N) is 1. The van der Waals surface area contributed by atoms with Gasteiger partial charge >= 0.3 is 0 Å². The highest BCUT2D eigenvalue weighted by Crippen LogP contribution is 2.39. The largest absolute Gasteiger partial charge is 0.330 e. The van der Waals surface area contributed by atoms with Gasteiger partial charge in [-0.1, -0.05) is 19.8 Å². The summed E-state index contributed by atoms with van der Waals surface area (Å²) >= 11 is 0. The van der Waals surface area contributed by atoms with Gasteiger partial charge in [-0.05, 0) is 68.7 Å². The van der Waals surface area contributed by atoms with Gasteiger partial charge < -0.3 is 5.73 Å². The minimum absolute atomic E-state index is 0.778. The monoisotopic (exact) mass is 264 g/mol. The van der Waals surface area contributed by atoms with Crippen LogP contribution in [-0.2, 0) is 0 Å². The van der Waals surface area contributed by atoms with E-state index in [4.69, 9.17) is 5.73 Å². The average molecular weight is 264 g/mol. The summed E-state index contributed by atoms with van der Waals surface area (Å²) in [6.07, 6.45) is 11.5. The molecule has 3 fully saturated rings. The molecule has 0 spiro atoms. The van der Waals surface area contributed by atoms with E-state index >= 15 is 0 Å². The normalized spacial score (nSPS) is 35.8. The lowest BCUT2D eigenvalue weighted by molar-refractivity contribution is 0.0724. The molecule has 0 radical (unpaired) electrons. The summed E-state index contributed by atoms with van der Waals surface area (Å²) in [5.41, 5.74) is 6.08. The van der Waals surface area contributed by atoms with Gasteiger partial charge in [-0.15, -0.1) is 0 Å². The molecule has 0 saturated heterocycles. The summed E-state index contributed by atoms with van der Waals surface area (Å²) in [5, 5.41) is 0. The highest BCUT2D eigenvalue weighted by molar-refractivity contribution is 4.92. The Morgan fingerprint density at radius 1 is 0.895 bits per heavy atom. The van der Waals surface area contributed by atoms with E-state index in [1.807, 2.05) is 0 Å². The van der Waals surface area contributed by atoms with Crippen LogP contribution in [0.4, 0.5) is 0 Å². The molecule has 0 aromatic rings. The van der Waals surface area contributed by atoms with Crippen molar-refractivity contribution < 1.29 is 0 Å². The van der Waals surface area contributed by atoms with Crippen LogP contribution < -0.4 is 5.73 Å². The molecule has 3 rings (SSSR count). The van der Waals surface area contributed by atoms with Crippen molar-refractivity contribution in [1.29, 1.82) is 0 Å². The Bertz CT molecular complexity index is 269. The van der Waals surface area contributed by atoms with Crippen LogP contribution in [0.15, 0.2) is 0 Å². The Kier molecular flexibility index (Phi) is 4.48. The van der Waals surface area contributed by atoms with Crippen molar-refractivity contribution in [2.24, 2.45) is 29.4 Å². The summed E-state index contributed by atoms with van der Waals surface area (Å²) in [4.78, 5) is 2.88. The van der Waals surface area contributed by atoms with E-state index in [1.54, 1.807) is 0 Å². The smallest absolute Gasteiger partial charge is 0.0138 e. The number of hydrogen-bond donors (Lipinski definition) is 1. The first-order valence-electron chi connectivity index (χ1n) is 8.74. The van der Waals surface area contributed by atoms with Crippen molar-refractivity contribution >= 4 is 0 Å². The van der Waals surface area contributed by atoms with Crippen LogP contribution in [-0.4, -0.2) is 30.6 Å². The Labute approximate surface area is 119 Å². The van der Waals surface area contributed by atoms with Crippen LogP contribution in [0.2, 0.25) is 0 Å². The zero-order chi connectivity index (χ0) is 13.2. The first kappa shape index (κ1) is 13.9. The molecule has 0 aromatic heterocycles. The van der Waals surface area contributed by atoms with Gasteiger partial charge in [0.05, 0.1) is 0 Å². The number of nitrogens with zero attached hydrogens (tertiary/aromatic N) is 1. The van der Waals surface area contributed by atoms with Crippen LogP contribution in [0.3, 0.4) is 0 Å². The van der Waals surface area contributed by atoms with Gasteiger partial charge in [0, 0.05) is 19.1 Å². The van der Waals surface area contributed by atoms with E-state index in [0.717, 1.165) is 36.3 Å². The summed E-state index contributed by atoms with van der Waals surface area (Å²) < 4.78 is 0. The minimum Gasteiger partial charge on any atom is -0.330 e. The molecule has 3 unspecified atom stereocenters. The Morgan fingerprint density at radius 3 is 1.95 bits per heavy atom. The van der Waals surface area contributed by atoms with Gasteiger partial charge in [-0.2, -0.15) is 0 Å². The third kappa shape index (κ3) is 3.72. The van der Waals surface area contributed by atoms with E-state index in [-0.39, 0.29) is 0 Å². The second-order valence-corrected chi connectivity index (χ2v) is 7.49. The fraction of sp³-hybridized carbons (Fsp3) is 1.00. The maximum absolute atomic E-state index is 6.08. The number of hydrogen-bond acceptors (Lipinski definition) is 2. The maximum Gasteiger partial charge on any atom is 0.0138 e. The van der Waals surface area contributed by atoms with E-state index in [1.165, 1.54) is 64.5 Å². The summed E-state index contributed by atoms with van der Waals surface area (Å²) in [6, 6.07) is 0.810. The molecule has 110 valence electrons. The fourth-order valence-corrected chi connectivity index (χ4v) is 4.00. The van der Waals surface area contributed by atoms with E-state index in [9.17, 15) is 0 Å². The first-order valence-corrected chi connectivity index (χ1v) is 8.74. The third-order valence-electron chi connectivity index (χ3n) is 5.79. The van der Waals surface area contributed by atoms with Crippen molar-refractivity contribution in [1.82, 2.24) is 4.90 Å². The maximum atomic E-state index is 6.08. The van der Waals surface area contributed by atoms with Crippen LogP contribution >= 0.6 is 0 Å². The summed E-state index contributed by atoms with van der Waals surface area (Å²) in [7, 11) is 0. The van der Waals surface area contributed by atoms with Crippen molar-refractivity contribution in [2.75, 3.05) is 19.6 Å². The molecule has 0 heterocycles. The lowest BCUT2D eigenvalue weighted by Gasteiger charge is -2.43. The van der Waals surface area contributed by atoms with Crippen LogP contribution in [0.25, 0.3) is 0 Å². The van der Waals surface area contributed by atoms with Gasteiger partial charge in [0.25, 0.3) is 0 Å². The molecule has 0 aromatic carbocycles. The minimum atomic E-state index is 0.778. The Hall–Kier alpha value is -0.0800. The molecule has 19 heavy (non-hydrogen) atoms.